The molecule has 114 valence electrons. The van der Waals surface area contributed by atoms with Gasteiger partial charge in [0.1, 0.15) is 0 Å². The van der Waals surface area contributed by atoms with Crippen molar-refractivity contribution in [3.05, 3.63) is 40.5 Å². The third-order valence-corrected chi connectivity index (χ3v) is 5.24. The number of hydrogen-bond acceptors (Lipinski definition) is 5. The van der Waals surface area contributed by atoms with E-state index < -0.39 is 0 Å². The van der Waals surface area contributed by atoms with Gasteiger partial charge >= 0.3 is 0 Å². The SMILES string of the molecule is Cc1cc(C(=O)CSc2nnc(-c3cccs3)n2C)c(C)[nH]1. The van der Waals surface area contributed by atoms with Gasteiger partial charge < -0.3 is 9.55 Å². The van der Waals surface area contributed by atoms with Gasteiger partial charge in [0, 0.05) is 24.0 Å². The predicted molar refractivity (Wildman–Crippen MR) is 89.6 cm³/mol. The number of aromatic amines is 1. The minimum Gasteiger partial charge on any atom is -0.362 e. The Morgan fingerprint density at radius 1 is 1.41 bits per heavy atom. The van der Waals surface area contributed by atoms with Crippen LogP contribution < -0.4 is 0 Å². The fraction of sp³-hybridized carbons (Fsp3) is 0.267. The number of aromatic nitrogens is 4. The molecule has 0 spiro atoms. The van der Waals surface area contributed by atoms with E-state index in [4.69, 9.17) is 0 Å². The maximum absolute atomic E-state index is 12.3. The van der Waals surface area contributed by atoms with Crippen molar-refractivity contribution in [1.82, 2.24) is 19.7 Å². The van der Waals surface area contributed by atoms with Crippen molar-refractivity contribution in [2.75, 3.05) is 5.75 Å². The molecule has 0 fully saturated rings. The number of carbonyl (C=O) groups is 1. The van der Waals surface area contributed by atoms with Gasteiger partial charge in [0.2, 0.25) is 0 Å². The monoisotopic (exact) mass is 332 g/mol. The Labute approximate surface area is 136 Å². The van der Waals surface area contributed by atoms with E-state index in [1.807, 2.05) is 49.0 Å². The molecule has 0 aliphatic rings. The molecule has 0 saturated heterocycles. The van der Waals surface area contributed by atoms with Crippen LogP contribution in [0, 0.1) is 13.8 Å². The van der Waals surface area contributed by atoms with Crippen LogP contribution in [0.15, 0.2) is 28.7 Å². The second kappa shape index (κ2) is 6.10. The van der Waals surface area contributed by atoms with E-state index in [1.165, 1.54) is 11.8 Å². The lowest BCUT2D eigenvalue weighted by atomic mass is 10.2. The number of rotatable bonds is 5. The van der Waals surface area contributed by atoms with Gasteiger partial charge in [-0.05, 0) is 31.4 Å². The van der Waals surface area contributed by atoms with Crippen molar-refractivity contribution in [2.24, 2.45) is 7.05 Å². The third kappa shape index (κ3) is 2.86. The van der Waals surface area contributed by atoms with E-state index in [1.54, 1.807) is 11.3 Å². The van der Waals surface area contributed by atoms with Gasteiger partial charge in [0.15, 0.2) is 16.8 Å². The van der Waals surface area contributed by atoms with Crippen molar-refractivity contribution in [1.29, 1.82) is 0 Å². The van der Waals surface area contributed by atoms with E-state index in [0.29, 0.717) is 5.75 Å². The molecule has 0 atom stereocenters. The van der Waals surface area contributed by atoms with Gasteiger partial charge in [-0.15, -0.1) is 21.5 Å². The molecule has 0 saturated carbocycles. The van der Waals surface area contributed by atoms with Crippen LogP contribution in [-0.2, 0) is 7.05 Å². The molecule has 0 bridgehead atoms. The summed E-state index contributed by atoms with van der Waals surface area (Å²) >= 11 is 3.04. The highest BCUT2D eigenvalue weighted by Gasteiger charge is 2.16. The first-order chi connectivity index (χ1) is 10.6. The van der Waals surface area contributed by atoms with Gasteiger partial charge in [-0.2, -0.15) is 0 Å². The van der Waals surface area contributed by atoms with Crippen LogP contribution in [0.4, 0.5) is 0 Å². The summed E-state index contributed by atoms with van der Waals surface area (Å²) in [4.78, 5) is 16.5. The summed E-state index contributed by atoms with van der Waals surface area (Å²) in [6.45, 7) is 3.87. The molecule has 0 aliphatic heterocycles. The van der Waals surface area contributed by atoms with Crippen LogP contribution in [-0.4, -0.2) is 31.3 Å². The first-order valence-corrected chi connectivity index (χ1v) is 8.68. The lowest BCUT2D eigenvalue weighted by Crippen LogP contribution is -2.04. The molecule has 0 radical (unpaired) electrons. The van der Waals surface area contributed by atoms with E-state index in [9.17, 15) is 4.79 Å². The number of nitrogens with zero attached hydrogens (tertiary/aromatic N) is 3. The first-order valence-electron chi connectivity index (χ1n) is 6.81. The van der Waals surface area contributed by atoms with E-state index in [0.717, 1.165) is 32.8 Å². The van der Waals surface area contributed by atoms with Crippen molar-refractivity contribution in [3.8, 4) is 10.7 Å². The summed E-state index contributed by atoms with van der Waals surface area (Å²) in [6.07, 6.45) is 0. The minimum absolute atomic E-state index is 0.104. The Kier molecular flexibility index (Phi) is 4.17. The largest absolute Gasteiger partial charge is 0.362 e. The van der Waals surface area contributed by atoms with Crippen molar-refractivity contribution in [3.63, 3.8) is 0 Å². The number of hydrogen-bond donors (Lipinski definition) is 1. The molecule has 3 aromatic rings. The lowest BCUT2D eigenvalue weighted by molar-refractivity contribution is 0.102. The molecule has 0 aromatic carbocycles. The molecular formula is C15H16N4OS2. The summed E-state index contributed by atoms with van der Waals surface area (Å²) in [7, 11) is 1.92. The maximum Gasteiger partial charge on any atom is 0.191 e. The van der Waals surface area contributed by atoms with Crippen LogP contribution in [0.5, 0.6) is 0 Å². The van der Waals surface area contributed by atoms with Crippen molar-refractivity contribution < 1.29 is 4.79 Å². The molecule has 0 unspecified atom stereocenters. The number of H-pyrrole nitrogens is 1. The second-order valence-corrected chi connectivity index (χ2v) is 6.94. The van der Waals surface area contributed by atoms with Gasteiger partial charge in [0.05, 0.1) is 10.6 Å². The molecule has 22 heavy (non-hydrogen) atoms. The fourth-order valence-electron chi connectivity index (χ4n) is 2.28. The summed E-state index contributed by atoms with van der Waals surface area (Å²) < 4.78 is 1.93. The van der Waals surface area contributed by atoms with Crippen LogP contribution in [0.25, 0.3) is 10.7 Å². The maximum atomic E-state index is 12.3. The smallest absolute Gasteiger partial charge is 0.191 e. The van der Waals surface area contributed by atoms with Crippen LogP contribution in [0.3, 0.4) is 0 Å². The normalized spacial score (nSPS) is 11.0. The minimum atomic E-state index is 0.104. The number of aryl methyl sites for hydroxylation is 2. The summed E-state index contributed by atoms with van der Waals surface area (Å²) in [6, 6.07) is 5.90. The molecule has 7 heteroatoms. The van der Waals surface area contributed by atoms with Gasteiger partial charge in [0.25, 0.3) is 0 Å². The Morgan fingerprint density at radius 2 is 2.23 bits per heavy atom. The van der Waals surface area contributed by atoms with Crippen LogP contribution in [0.1, 0.15) is 21.7 Å². The Bertz CT molecular complexity index is 802. The standard InChI is InChI=1S/C15H16N4OS2/c1-9-7-11(10(2)16-9)12(20)8-22-15-18-17-14(19(15)3)13-5-4-6-21-13/h4-7,16H,8H2,1-3H3. The molecule has 0 aliphatic carbocycles. The first kappa shape index (κ1) is 15.1. The number of thioether (sulfide) groups is 1. The molecular weight excluding hydrogens is 316 g/mol. The zero-order valence-corrected chi connectivity index (χ0v) is 14.2. The summed E-state index contributed by atoms with van der Waals surface area (Å²) in [5.41, 5.74) is 2.68. The number of ketones is 1. The molecule has 3 heterocycles. The highest BCUT2D eigenvalue weighted by molar-refractivity contribution is 7.99. The summed E-state index contributed by atoms with van der Waals surface area (Å²) in [5, 5.41) is 11.2. The zero-order chi connectivity index (χ0) is 15.7. The van der Waals surface area contributed by atoms with Crippen LogP contribution in [0.2, 0.25) is 0 Å². The number of nitrogens with one attached hydrogen (secondary N) is 1. The predicted octanol–water partition coefficient (Wildman–Crippen LogP) is 3.46. The van der Waals surface area contributed by atoms with Crippen molar-refractivity contribution >= 4 is 28.9 Å². The van der Waals surface area contributed by atoms with Crippen LogP contribution >= 0.6 is 23.1 Å². The topological polar surface area (TPSA) is 63.6 Å². The Balaban J connectivity index is 1.72. The van der Waals surface area contributed by atoms with Gasteiger partial charge in [-0.1, -0.05) is 17.8 Å². The number of thiophene rings is 1. The quantitative estimate of drug-likeness (QED) is 0.574. The molecule has 1 N–H and O–H groups in total. The Hall–Kier alpha value is -1.86. The van der Waals surface area contributed by atoms with E-state index in [-0.39, 0.29) is 5.78 Å². The van der Waals surface area contributed by atoms with Gasteiger partial charge in [-0.3, -0.25) is 4.79 Å². The molecule has 3 rings (SSSR count). The average Bonchev–Trinajstić information content (AvgIpc) is 3.17. The van der Waals surface area contributed by atoms with E-state index >= 15 is 0 Å². The molecule has 0 amide bonds. The second-order valence-electron chi connectivity index (χ2n) is 5.05. The van der Waals surface area contributed by atoms with E-state index in [2.05, 4.69) is 15.2 Å². The molecule has 3 aromatic heterocycles. The molecule has 5 nitrogen and oxygen atoms in total. The fourth-order valence-corrected chi connectivity index (χ4v) is 3.82. The lowest BCUT2D eigenvalue weighted by Gasteiger charge is -2.02. The number of carbonyl (C=O) groups excluding carboxylic acids is 1. The average molecular weight is 332 g/mol. The highest BCUT2D eigenvalue weighted by atomic mass is 32.2. The van der Waals surface area contributed by atoms with Crippen molar-refractivity contribution in [2.45, 2.75) is 19.0 Å². The number of Topliss-reactive ketones (excluding diaryl/α,β-unsaturated/α-hetero) is 1. The summed E-state index contributed by atoms with van der Waals surface area (Å²) in [5.74, 6) is 1.29. The highest BCUT2D eigenvalue weighted by Crippen LogP contribution is 2.26. The van der Waals surface area contributed by atoms with Gasteiger partial charge in [-0.25, -0.2) is 0 Å². The third-order valence-electron chi connectivity index (χ3n) is 3.36. The Morgan fingerprint density at radius 3 is 2.86 bits per heavy atom. The zero-order valence-electron chi connectivity index (χ0n) is 12.6.